The number of nitrogens with zero attached hydrogens (tertiary/aromatic N) is 1. The summed E-state index contributed by atoms with van der Waals surface area (Å²) < 4.78 is 4.89. The molecule has 0 bridgehead atoms. The number of hydrazine groups is 1. The molecule has 0 atom stereocenters. The zero-order chi connectivity index (χ0) is 8.97. The third-order valence-electron chi connectivity index (χ3n) is 1.26. The number of carbonyl (C=O) groups excluding carboxylic acids is 1. The summed E-state index contributed by atoms with van der Waals surface area (Å²) in [6.45, 7) is 2.21. The van der Waals surface area contributed by atoms with Crippen LogP contribution in [0.5, 0.6) is 5.06 Å². The average molecular weight is 186 g/mol. The molecule has 0 fully saturated rings. The summed E-state index contributed by atoms with van der Waals surface area (Å²) in [6.07, 6.45) is -0.528. The average Bonchev–Trinajstić information content (AvgIpc) is 2.55. The van der Waals surface area contributed by atoms with Crippen LogP contribution in [0.2, 0.25) is 0 Å². The Morgan fingerprint density at radius 1 is 1.83 bits per heavy atom. The molecular formula is C7H10N2O2S. The van der Waals surface area contributed by atoms with Crippen molar-refractivity contribution in [2.24, 2.45) is 5.84 Å². The summed E-state index contributed by atoms with van der Waals surface area (Å²) in [5.74, 6) is 5.30. The number of amides is 1. The molecule has 1 amide bonds. The number of nitrogens with two attached hydrogens (primary N) is 1. The normalized spacial score (nSPS) is 9.50. The number of carbonyl (C=O) groups is 1. The van der Waals surface area contributed by atoms with E-state index in [1.54, 1.807) is 19.1 Å². The van der Waals surface area contributed by atoms with E-state index in [0.29, 0.717) is 11.6 Å². The Morgan fingerprint density at radius 3 is 3.08 bits per heavy atom. The second kappa shape index (κ2) is 4.08. The fourth-order valence-electron chi connectivity index (χ4n) is 0.595. The van der Waals surface area contributed by atoms with Crippen LogP contribution in [0.25, 0.3) is 0 Å². The van der Waals surface area contributed by atoms with Gasteiger partial charge in [-0.05, 0) is 24.4 Å². The second-order valence-electron chi connectivity index (χ2n) is 2.09. The lowest BCUT2D eigenvalue weighted by Crippen LogP contribution is -2.38. The first-order valence-electron chi connectivity index (χ1n) is 3.51. The van der Waals surface area contributed by atoms with Crippen LogP contribution in [0, 0.1) is 0 Å². The van der Waals surface area contributed by atoms with Crippen molar-refractivity contribution in [3.8, 4) is 5.06 Å². The number of hydrogen-bond donors (Lipinski definition) is 1. The Balaban J connectivity index is 2.47. The van der Waals surface area contributed by atoms with Crippen molar-refractivity contribution in [2.45, 2.75) is 6.92 Å². The Kier molecular flexibility index (Phi) is 3.07. The standard InChI is InChI=1S/C7H10N2O2S/c1-2-9(8)7(10)11-6-4-3-5-12-6/h3-5H,2,8H2,1H3. The van der Waals surface area contributed by atoms with Crippen LogP contribution in [-0.2, 0) is 0 Å². The summed E-state index contributed by atoms with van der Waals surface area (Å²) >= 11 is 1.35. The molecule has 0 radical (unpaired) electrons. The molecule has 1 aromatic heterocycles. The van der Waals surface area contributed by atoms with Crippen LogP contribution < -0.4 is 10.6 Å². The van der Waals surface area contributed by atoms with Crippen LogP contribution in [0.3, 0.4) is 0 Å². The zero-order valence-corrected chi connectivity index (χ0v) is 7.50. The van der Waals surface area contributed by atoms with Crippen LogP contribution in [0.1, 0.15) is 6.92 Å². The van der Waals surface area contributed by atoms with E-state index in [4.69, 9.17) is 10.6 Å². The van der Waals surface area contributed by atoms with Gasteiger partial charge in [0.1, 0.15) is 0 Å². The summed E-state index contributed by atoms with van der Waals surface area (Å²) in [4.78, 5) is 11.0. The molecule has 1 aromatic rings. The van der Waals surface area contributed by atoms with Crippen LogP contribution in [0.4, 0.5) is 4.79 Å². The number of rotatable bonds is 2. The molecule has 4 nitrogen and oxygen atoms in total. The van der Waals surface area contributed by atoms with E-state index in [2.05, 4.69) is 0 Å². The first-order chi connectivity index (χ1) is 5.74. The van der Waals surface area contributed by atoms with Crippen molar-refractivity contribution in [3.63, 3.8) is 0 Å². The fourth-order valence-corrected chi connectivity index (χ4v) is 1.16. The topological polar surface area (TPSA) is 55.6 Å². The second-order valence-corrected chi connectivity index (χ2v) is 3.00. The predicted molar refractivity (Wildman–Crippen MR) is 46.9 cm³/mol. The van der Waals surface area contributed by atoms with Crippen LogP contribution in [0.15, 0.2) is 17.5 Å². The molecule has 5 heteroatoms. The highest BCUT2D eigenvalue weighted by atomic mass is 32.1. The maximum atomic E-state index is 11.0. The largest absolute Gasteiger partial charge is 0.430 e. The van der Waals surface area contributed by atoms with E-state index in [0.717, 1.165) is 5.01 Å². The smallest absolute Gasteiger partial charge is 0.398 e. The monoisotopic (exact) mass is 186 g/mol. The first kappa shape index (κ1) is 9.02. The van der Waals surface area contributed by atoms with Crippen molar-refractivity contribution >= 4 is 17.4 Å². The molecular weight excluding hydrogens is 176 g/mol. The maximum absolute atomic E-state index is 11.0. The van der Waals surface area contributed by atoms with Crippen molar-refractivity contribution in [2.75, 3.05) is 6.54 Å². The van der Waals surface area contributed by atoms with Crippen LogP contribution >= 0.6 is 11.3 Å². The quantitative estimate of drug-likeness (QED) is 0.432. The molecule has 0 aliphatic rings. The molecule has 1 rings (SSSR count). The molecule has 66 valence electrons. The van der Waals surface area contributed by atoms with Gasteiger partial charge in [-0.25, -0.2) is 15.6 Å². The first-order valence-corrected chi connectivity index (χ1v) is 4.39. The number of thiophene rings is 1. The van der Waals surface area contributed by atoms with Gasteiger partial charge in [0.25, 0.3) is 0 Å². The van der Waals surface area contributed by atoms with E-state index in [1.807, 2.05) is 5.38 Å². The van der Waals surface area contributed by atoms with Gasteiger partial charge in [0.15, 0.2) is 5.06 Å². The molecule has 0 aliphatic carbocycles. The third-order valence-corrected chi connectivity index (χ3v) is 2.00. The van der Waals surface area contributed by atoms with Crippen molar-refractivity contribution in [1.29, 1.82) is 0 Å². The minimum Gasteiger partial charge on any atom is -0.398 e. The highest BCUT2D eigenvalue weighted by molar-refractivity contribution is 7.11. The van der Waals surface area contributed by atoms with Crippen molar-refractivity contribution in [1.82, 2.24) is 5.01 Å². The molecule has 1 heterocycles. The SMILES string of the molecule is CCN(N)C(=O)Oc1cccs1. The highest BCUT2D eigenvalue weighted by Crippen LogP contribution is 2.18. The zero-order valence-electron chi connectivity index (χ0n) is 6.69. The molecule has 12 heavy (non-hydrogen) atoms. The minimum atomic E-state index is -0.528. The van der Waals surface area contributed by atoms with Gasteiger partial charge in [-0.1, -0.05) is 0 Å². The molecule has 0 spiro atoms. The van der Waals surface area contributed by atoms with E-state index >= 15 is 0 Å². The Bertz CT molecular complexity index is 248. The molecule has 0 unspecified atom stereocenters. The third kappa shape index (κ3) is 2.21. The molecule has 0 aromatic carbocycles. The lowest BCUT2D eigenvalue weighted by Gasteiger charge is -2.11. The predicted octanol–water partition coefficient (Wildman–Crippen LogP) is 1.44. The molecule has 2 N–H and O–H groups in total. The van der Waals surface area contributed by atoms with E-state index in [9.17, 15) is 4.79 Å². The maximum Gasteiger partial charge on any atom is 0.430 e. The Hall–Kier alpha value is -1.07. The number of ether oxygens (including phenoxy) is 1. The summed E-state index contributed by atoms with van der Waals surface area (Å²) in [5, 5.41) is 3.40. The highest BCUT2D eigenvalue weighted by Gasteiger charge is 2.09. The van der Waals surface area contributed by atoms with Gasteiger partial charge in [-0.15, -0.1) is 11.3 Å². The minimum absolute atomic E-state index is 0.435. The molecule has 0 saturated carbocycles. The van der Waals surface area contributed by atoms with Gasteiger partial charge in [-0.3, -0.25) is 0 Å². The Labute approximate surface area is 74.5 Å². The van der Waals surface area contributed by atoms with Gasteiger partial charge < -0.3 is 4.74 Å². The van der Waals surface area contributed by atoms with Gasteiger partial charge in [0, 0.05) is 6.54 Å². The fraction of sp³-hybridized carbons (Fsp3) is 0.286. The van der Waals surface area contributed by atoms with Gasteiger partial charge in [-0.2, -0.15) is 0 Å². The molecule has 0 saturated heterocycles. The van der Waals surface area contributed by atoms with Gasteiger partial charge >= 0.3 is 6.09 Å². The Morgan fingerprint density at radius 2 is 2.58 bits per heavy atom. The van der Waals surface area contributed by atoms with E-state index in [1.165, 1.54) is 11.3 Å². The van der Waals surface area contributed by atoms with Crippen molar-refractivity contribution < 1.29 is 9.53 Å². The van der Waals surface area contributed by atoms with E-state index < -0.39 is 6.09 Å². The van der Waals surface area contributed by atoms with Crippen LogP contribution in [-0.4, -0.2) is 17.6 Å². The summed E-state index contributed by atoms with van der Waals surface area (Å²) in [7, 11) is 0. The molecule has 0 aliphatic heterocycles. The summed E-state index contributed by atoms with van der Waals surface area (Å²) in [5.41, 5.74) is 0. The number of hydrogen-bond acceptors (Lipinski definition) is 4. The van der Waals surface area contributed by atoms with Gasteiger partial charge in [0.05, 0.1) is 0 Å². The lowest BCUT2D eigenvalue weighted by molar-refractivity contribution is 0.157. The van der Waals surface area contributed by atoms with Crippen molar-refractivity contribution in [3.05, 3.63) is 17.5 Å². The van der Waals surface area contributed by atoms with Gasteiger partial charge in [0.2, 0.25) is 0 Å². The summed E-state index contributed by atoms with van der Waals surface area (Å²) in [6, 6.07) is 3.52. The van der Waals surface area contributed by atoms with E-state index in [-0.39, 0.29) is 0 Å². The lowest BCUT2D eigenvalue weighted by atomic mass is 10.6.